The molecule has 0 radical (unpaired) electrons. The maximum Gasteiger partial charge on any atom is 0.417 e. The van der Waals surface area contributed by atoms with Crippen LogP contribution in [0.4, 0.5) is 4.79 Å². The number of amides is 2. The Kier molecular flexibility index (Phi) is 3.95. The minimum absolute atomic E-state index is 0.0420. The van der Waals surface area contributed by atoms with Crippen LogP contribution in [0.15, 0.2) is 54.4 Å². The number of hydrogen-bond donors (Lipinski definition) is 0. The number of carbonyl (C=O) groups is 2. The van der Waals surface area contributed by atoms with Gasteiger partial charge >= 0.3 is 6.09 Å². The van der Waals surface area contributed by atoms with Gasteiger partial charge in [-0.25, -0.2) is 4.79 Å². The van der Waals surface area contributed by atoms with Gasteiger partial charge in [-0.1, -0.05) is 36.4 Å². The van der Waals surface area contributed by atoms with Gasteiger partial charge in [0.2, 0.25) is 0 Å². The summed E-state index contributed by atoms with van der Waals surface area (Å²) in [4.78, 5) is 28.1. The zero-order valence-corrected chi connectivity index (χ0v) is 14.4. The SMILES string of the molecule is COC(=O)N1C=C[C@@H]2C(=C1)C(=O)N(C(C)(C)C)[C@@H]2c1ccccc1. The fraction of sp³-hybridized carbons (Fsp3) is 0.368. The maximum absolute atomic E-state index is 13.1. The Morgan fingerprint density at radius 2 is 1.83 bits per heavy atom. The van der Waals surface area contributed by atoms with E-state index >= 15 is 0 Å². The number of benzene rings is 1. The van der Waals surface area contributed by atoms with E-state index in [1.165, 1.54) is 12.0 Å². The Bertz CT molecular complexity index is 716. The number of methoxy groups -OCH3 is 1. The number of fused-ring (bicyclic) bond motifs is 1. The van der Waals surface area contributed by atoms with E-state index < -0.39 is 6.09 Å². The molecular weight excluding hydrogens is 304 g/mol. The van der Waals surface area contributed by atoms with Crippen LogP contribution in [-0.4, -0.2) is 34.4 Å². The van der Waals surface area contributed by atoms with E-state index in [0.29, 0.717) is 5.57 Å². The van der Waals surface area contributed by atoms with Gasteiger partial charge in [-0.2, -0.15) is 0 Å². The molecule has 2 aliphatic rings. The van der Waals surface area contributed by atoms with Crippen LogP contribution in [0.5, 0.6) is 0 Å². The lowest BCUT2D eigenvalue weighted by atomic mass is 9.88. The fourth-order valence-corrected chi connectivity index (χ4v) is 3.41. The summed E-state index contributed by atoms with van der Waals surface area (Å²) in [7, 11) is 1.32. The Balaban J connectivity index is 2.07. The van der Waals surface area contributed by atoms with Crippen molar-refractivity contribution in [3.63, 3.8) is 0 Å². The molecule has 2 aliphatic heterocycles. The Hall–Kier alpha value is -2.56. The van der Waals surface area contributed by atoms with Crippen LogP contribution in [0.25, 0.3) is 0 Å². The van der Waals surface area contributed by atoms with Gasteiger partial charge in [0.25, 0.3) is 5.91 Å². The van der Waals surface area contributed by atoms with Crippen LogP contribution in [0.1, 0.15) is 32.4 Å². The first-order valence-electron chi connectivity index (χ1n) is 7.99. The average molecular weight is 326 g/mol. The van der Waals surface area contributed by atoms with Crippen molar-refractivity contribution in [3.05, 3.63) is 59.9 Å². The Morgan fingerprint density at radius 1 is 1.17 bits per heavy atom. The highest BCUT2D eigenvalue weighted by Gasteiger charge is 2.49. The minimum Gasteiger partial charge on any atom is -0.452 e. The minimum atomic E-state index is -0.504. The van der Waals surface area contributed by atoms with Crippen LogP contribution in [-0.2, 0) is 9.53 Å². The normalized spacial score (nSPS) is 23.2. The van der Waals surface area contributed by atoms with Crippen LogP contribution < -0.4 is 0 Å². The van der Waals surface area contributed by atoms with Crippen molar-refractivity contribution in [2.75, 3.05) is 7.11 Å². The number of likely N-dealkylation sites (tertiary alicyclic amines) is 1. The number of hydrogen-bond acceptors (Lipinski definition) is 3. The zero-order chi connectivity index (χ0) is 17.5. The summed E-state index contributed by atoms with van der Waals surface area (Å²) in [5.74, 6) is -0.125. The second kappa shape index (κ2) is 5.82. The fourth-order valence-electron chi connectivity index (χ4n) is 3.41. The third-order valence-corrected chi connectivity index (χ3v) is 4.42. The molecule has 5 nitrogen and oxygen atoms in total. The van der Waals surface area contributed by atoms with Crippen molar-refractivity contribution in [1.29, 1.82) is 0 Å². The van der Waals surface area contributed by atoms with Crippen LogP contribution in [0.2, 0.25) is 0 Å². The molecule has 0 N–H and O–H groups in total. The predicted molar refractivity (Wildman–Crippen MR) is 90.7 cm³/mol. The van der Waals surface area contributed by atoms with E-state index in [-0.39, 0.29) is 23.4 Å². The van der Waals surface area contributed by atoms with Gasteiger partial charge in [0.05, 0.1) is 13.2 Å². The summed E-state index contributed by atoms with van der Waals surface area (Å²) in [6, 6.07) is 9.93. The Labute approximate surface area is 142 Å². The first kappa shape index (κ1) is 16.3. The summed E-state index contributed by atoms with van der Waals surface area (Å²) in [5.41, 5.74) is 1.37. The molecule has 0 saturated carbocycles. The molecule has 5 heteroatoms. The lowest BCUT2D eigenvalue weighted by Crippen LogP contribution is -2.44. The summed E-state index contributed by atoms with van der Waals surface area (Å²) >= 11 is 0. The van der Waals surface area contributed by atoms with Crippen molar-refractivity contribution < 1.29 is 14.3 Å². The predicted octanol–water partition coefficient (Wildman–Crippen LogP) is 3.46. The first-order valence-corrected chi connectivity index (χ1v) is 7.99. The number of ether oxygens (including phenoxy) is 1. The van der Waals surface area contributed by atoms with Gasteiger partial charge < -0.3 is 9.64 Å². The Morgan fingerprint density at radius 3 is 2.42 bits per heavy atom. The standard InChI is InChI=1S/C19H22N2O3/c1-19(2,3)21-16(13-8-6-5-7-9-13)14-10-11-20(18(23)24-4)12-15(14)17(21)22/h5-12,14,16H,1-4H3/t14-,16-/m1/s1. The lowest BCUT2D eigenvalue weighted by Gasteiger charge is -2.38. The van der Waals surface area contributed by atoms with E-state index in [1.807, 2.05) is 62.1 Å². The smallest absolute Gasteiger partial charge is 0.417 e. The number of nitrogens with zero attached hydrogens (tertiary/aromatic N) is 2. The van der Waals surface area contributed by atoms with Crippen LogP contribution >= 0.6 is 0 Å². The molecule has 1 aromatic rings. The van der Waals surface area contributed by atoms with Gasteiger partial charge in [0.1, 0.15) is 0 Å². The molecule has 0 aromatic heterocycles. The molecule has 2 atom stereocenters. The van der Waals surface area contributed by atoms with Gasteiger partial charge in [0.15, 0.2) is 0 Å². The summed E-state index contributed by atoms with van der Waals surface area (Å²) in [6.45, 7) is 6.08. The third-order valence-electron chi connectivity index (χ3n) is 4.42. The molecular formula is C19H22N2O3. The van der Waals surface area contributed by atoms with Gasteiger partial charge in [-0.05, 0) is 26.3 Å². The highest BCUT2D eigenvalue weighted by molar-refractivity contribution is 5.98. The highest BCUT2D eigenvalue weighted by atomic mass is 16.5. The molecule has 0 unspecified atom stereocenters. The molecule has 126 valence electrons. The van der Waals surface area contributed by atoms with Crippen molar-refractivity contribution >= 4 is 12.0 Å². The number of rotatable bonds is 1. The van der Waals surface area contributed by atoms with E-state index in [9.17, 15) is 9.59 Å². The lowest BCUT2D eigenvalue weighted by molar-refractivity contribution is -0.131. The topological polar surface area (TPSA) is 49.9 Å². The van der Waals surface area contributed by atoms with Crippen molar-refractivity contribution in [3.8, 4) is 0 Å². The molecule has 2 heterocycles. The average Bonchev–Trinajstić information content (AvgIpc) is 2.87. The van der Waals surface area contributed by atoms with E-state index in [2.05, 4.69) is 0 Å². The van der Waals surface area contributed by atoms with Crippen molar-refractivity contribution in [2.24, 2.45) is 5.92 Å². The van der Waals surface area contributed by atoms with Gasteiger partial charge in [-0.15, -0.1) is 0 Å². The maximum atomic E-state index is 13.1. The second-order valence-electron chi connectivity index (χ2n) is 7.03. The van der Waals surface area contributed by atoms with Crippen LogP contribution in [0, 0.1) is 5.92 Å². The molecule has 2 amide bonds. The first-order chi connectivity index (χ1) is 11.3. The molecule has 0 bridgehead atoms. The monoisotopic (exact) mass is 326 g/mol. The summed E-state index contributed by atoms with van der Waals surface area (Å²) in [5, 5.41) is 0. The third kappa shape index (κ3) is 2.60. The molecule has 0 spiro atoms. The van der Waals surface area contributed by atoms with Crippen molar-refractivity contribution in [1.82, 2.24) is 9.80 Å². The molecule has 1 aromatic carbocycles. The molecule has 1 fully saturated rings. The number of carbonyl (C=O) groups excluding carboxylic acids is 2. The van der Waals surface area contributed by atoms with Crippen LogP contribution in [0.3, 0.4) is 0 Å². The summed E-state index contributed by atoms with van der Waals surface area (Å²) in [6.07, 6.45) is 4.68. The van der Waals surface area contributed by atoms with Crippen molar-refractivity contribution in [2.45, 2.75) is 32.4 Å². The van der Waals surface area contributed by atoms with Gasteiger partial charge in [0, 0.05) is 29.4 Å². The van der Waals surface area contributed by atoms with Gasteiger partial charge in [-0.3, -0.25) is 9.69 Å². The largest absolute Gasteiger partial charge is 0.452 e. The van der Waals surface area contributed by atoms with E-state index in [1.54, 1.807) is 12.4 Å². The molecule has 0 aliphatic carbocycles. The molecule has 24 heavy (non-hydrogen) atoms. The molecule has 3 rings (SSSR count). The quantitative estimate of drug-likeness (QED) is 0.794. The molecule has 1 saturated heterocycles. The van der Waals surface area contributed by atoms with E-state index in [4.69, 9.17) is 4.74 Å². The second-order valence-corrected chi connectivity index (χ2v) is 7.03. The summed E-state index contributed by atoms with van der Waals surface area (Å²) < 4.78 is 4.75. The zero-order valence-electron chi connectivity index (χ0n) is 14.4. The highest BCUT2D eigenvalue weighted by Crippen LogP contribution is 2.47. The van der Waals surface area contributed by atoms with E-state index in [0.717, 1.165) is 5.56 Å².